The molecule has 2 aromatic carbocycles. The van der Waals surface area contributed by atoms with Gasteiger partial charge in [-0.05, 0) is 59.3 Å². The summed E-state index contributed by atoms with van der Waals surface area (Å²) in [5.74, 6) is 0. The number of pyridine rings is 1. The lowest BCUT2D eigenvalue weighted by molar-refractivity contribution is 0.444. The maximum atomic E-state index is 4.33. The molecule has 1 aromatic heterocycles. The van der Waals surface area contributed by atoms with E-state index >= 15 is 0 Å². The highest BCUT2D eigenvalue weighted by Crippen LogP contribution is 2.29. The van der Waals surface area contributed by atoms with Crippen LogP contribution < -0.4 is 5.32 Å². The maximum Gasteiger partial charge on any atom is 0.0541 e. The van der Waals surface area contributed by atoms with Crippen molar-refractivity contribution in [1.82, 2.24) is 14.6 Å². The Labute approximate surface area is 159 Å². The van der Waals surface area contributed by atoms with Gasteiger partial charge < -0.3 is 5.32 Å². The Morgan fingerprint density at radius 2 is 1.69 bits per heavy atom. The predicted molar refractivity (Wildman–Crippen MR) is 108 cm³/mol. The number of rotatable bonds is 6. The van der Waals surface area contributed by atoms with Gasteiger partial charge in [-0.15, -0.1) is 0 Å². The minimum absolute atomic E-state index is 0.796. The summed E-state index contributed by atoms with van der Waals surface area (Å²) in [6, 6.07) is 23.7. The SMILES string of the molecule is c1ccc(CNCc2ccc(SN3CCc4ccccc4C3)cc2)nc1. The second-order valence-electron chi connectivity index (χ2n) is 6.54. The molecule has 132 valence electrons. The van der Waals surface area contributed by atoms with E-state index in [4.69, 9.17) is 0 Å². The van der Waals surface area contributed by atoms with E-state index in [0.717, 1.165) is 38.3 Å². The van der Waals surface area contributed by atoms with E-state index < -0.39 is 0 Å². The van der Waals surface area contributed by atoms with Crippen LogP contribution in [0, 0.1) is 0 Å². The number of hydrogen-bond donors (Lipinski definition) is 1. The average molecular weight is 362 g/mol. The van der Waals surface area contributed by atoms with Gasteiger partial charge in [0.25, 0.3) is 0 Å². The summed E-state index contributed by atoms with van der Waals surface area (Å²) in [6.45, 7) is 3.78. The summed E-state index contributed by atoms with van der Waals surface area (Å²) >= 11 is 1.86. The molecular weight excluding hydrogens is 338 g/mol. The van der Waals surface area contributed by atoms with Crippen LogP contribution >= 0.6 is 11.9 Å². The zero-order valence-electron chi connectivity index (χ0n) is 14.8. The Morgan fingerprint density at radius 1 is 0.885 bits per heavy atom. The first-order valence-corrected chi connectivity index (χ1v) is 9.83. The molecular formula is C22H23N3S. The van der Waals surface area contributed by atoms with Gasteiger partial charge in [0.2, 0.25) is 0 Å². The minimum atomic E-state index is 0.796. The Balaban J connectivity index is 1.28. The molecule has 1 aliphatic rings. The summed E-state index contributed by atoms with van der Waals surface area (Å²) in [6.07, 6.45) is 2.97. The van der Waals surface area contributed by atoms with E-state index in [1.807, 2.05) is 36.3 Å². The first kappa shape index (κ1) is 17.3. The van der Waals surface area contributed by atoms with Crippen LogP contribution in [0.4, 0.5) is 0 Å². The van der Waals surface area contributed by atoms with E-state index in [1.165, 1.54) is 21.6 Å². The fraction of sp³-hybridized carbons (Fsp3) is 0.227. The molecule has 0 aliphatic carbocycles. The van der Waals surface area contributed by atoms with E-state index in [1.54, 1.807) is 0 Å². The van der Waals surface area contributed by atoms with Crippen LogP contribution in [-0.4, -0.2) is 15.8 Å². The second-order valence-corrected chi connectivity index (χ2v) is 7.71. The standard InChI is InChI=1S/C22H23N3S/c1-2-6-20-17-25(14-12-19(20)5-1)26-22-10-8-18(9-11-22)15-23-16-21-7-3-4-13-24-21/h1-11,13,23H,12,14-17H2. The molecule has 26 heavy (non-hydrogen) atoms. The van der Waals surface area contributed by atoms with Crippen LogP contribution in [-0.2, 0) is 26.1 Å². The lowest BCUT2D eigenvalue weighted by Gasteiger charge is -2.27. The van der Waals surface area contributed by atoms with Crippen molar-refractivity contribution in [2.45, 2.75) is 31.0 Å². The number of aromatic nitrogens is 1. The Bertz CT molecular complexity index is 834. The highest BCUT2D eigenvalue weighted by molar-refractivity contribution is 7.97. The van der Waals surface area contributed by atoms with Crippen molar-refractivity contribution >= 4 is 11.9 Å². The van der Waals surface area contributed by atoms with Gasteiger partial charge in [0.1, 0.15) is 0 Å². The molecule has 0 fully saturated rings. The third kappa shape index (κ3) is 4.52. The van der Waals surface area contributed by atoms with E-state index in [0.29, 0.717) is 0 Å². The van der Waals surface area contributed by atoms with Crippen LogP contribution in [0.3, 0.4) is 0 Å². The lowest BCUT2D eigenvalue weighted by atomic mass is 10.0. The summed E-state index contributed by atoms with van der Waals surface area (Å²) in [5, 5.41) is 3.45. The van der Waals surface area contributed by atoms with Crippen LogP contribution in [0.2, 0.25) is 0 Å². The second kappa shape index (κ2) is 8.49. The molecule has 3 nitrogen and oxygen atoms in total. The molecule has 1 N–H and O–H groups in total. The van der Waals surface area contributed by atoms with Crippen molar-refractivity contribution in [2.75, 3.05) is 6.54 Å². The summed E-state index contributed by atoms with van der Waals surface area (Å²) in [5.41, 5.74) is 5.33. The molecule has 0 amide bonds. The average Bonchev–Trinajstić information content (AvgIpc) is 2.70. The quantitative estimate of drug-likeness (QED) is 0.657. The molecule has 2 heterocycles. The van der Waals surface area contributed by atoms with Gasteiger partial charge in [-0.1, -0.05) is 42.5 Å². The molecule has 0 spiro atoms. The van der Waals surface area contributed by atoms with Crippen LogP contribution in [0.5, 0.6) is 0 Å². The first-order valence-electron chi connectivity index (χ1n) is 9.06. The summed E-state index contributed by atoms with van der Waals surface area (Å²) in [4.78, 5) is 5.64. The Hall–Kier alpha value is -2.14. The van der Waals surface area contributed by atoms with E-state index in [2.05, 4.69) is 63.1 Å². The summed E-state index contributed by atoms with van der Waals surface area (Å²) in [7, 11) is 0. The fourth-order valence-corrected chi connectivity index (χ4v) is 4.14. The Morgan fingerprint density at radius 3 is 2.50 bits per heavy atom. The zero-order valence-corrected chi connectivity index (χ0v) is 15.6. The number of hydrogen-bond acceptors (Lipinski definition) is 4. The van der Waals surface area contributed by atoms with Gasteiger partial charge >= 0.3 is 0 Å². The van der Waals surface area contributed by atoms with Crippen molar-refractivity contribution in [3.63, 3.8) is 0 Å². The molecule has 0 radical (unpaired) electrons. The van der Waals surface area contributed by atoms with Crippen molar-refractivity contribution < 1.29 is 0 Å². The van der Waals surface area contributed by atoms with Crippen LogP contribution in [0.15, 0.2) is 77.8 Å². The van der Waals surface area contributed by atoms with Crippen LogP contribution in [0.25, 0.3) is 0 Å². The van der Waals surface area contributed by atoms with Crippen molar-refractivity contribution in [3.8, 4) is 0 Å². The summed E-state index contributed by atoms with van der Waals surface area (Å²) < 4.78 is 2.46. The number of fused-ring (bicyclic) bond motifs is 1. The highest BCUT2D eigenvalue weighted by Gasteiger charge is 2.16. The first-order chi connectivity index (χ1) is 12.9. The molecule has 0 unspecified atom stereocenters. The number of nitrogens with zero attached hydrogens (tertiary/aromatic N) is 2. The third-order valence-electron chi connectivity index (χ3n) is 4.61. The normalized spacial score (nSPS) is 14.2. The van der Waals surface area contributed by atoms with Gasteiger partial charge in [-0.2, -0.15) is 0 Å². The van der Waals surface area contributed by atoms with Crippen molar-refractivity contribution in [1.29, 1.82) is 0 Å². The van der Waals surface area contributed by atoms with Gasteiger partial charge in [-0.3, -0.25) is 4.98 Å². The predicted octanol–water partition coefficient (Wildman–Crippen LogP) is 4.44. The minimum Gasteiger partial charge on any atom is -0.307 e. The van der Waals surface area contributed by atoms with E-state index in [9.17, 15) is 0 Å². The van der Waals surface area contributed by atoms with Gasteiger partial charge in [0, 0.05) is 37.3 Å². The van der Waals surface area contributed by atoms with Crippen molar-refractivity contribution in [2.24, 2.45) is 0 Å². The molecule has 0 saturated carbocycles. The van der Waals surface area contributed by atoms with Gasteiger partial charge in [0.05, 0.1) is 5.69 Å². The van der Waals surface area contributed by atoms with Crippen molar-refractivity contribution in [3.05, 3.63) is 95.3 Å². The fourth-order valence-electron chi connectivity index (χ4n) is 3.20. The number of nitrogens with one attached hydrogen (secondary N) is 1. The van der Waals surface area contributed by atoms with Crippen LogP contribution in [0.1, 0.15) is 22.4 Å². The van der Waals surface area contributed by atoms with Gasteiger partial charge in [-0.25, -0.2) is 4.31 Å². The van der Waals surface area contributed by atoms with E-state index in [-0.39, 0.29) is 0 Å². The molecule has 0 atom stereocenters. The largest absolute Gasteiger partial charge is 0.307 e. The molecule has 0 saturated heterocycles. The molecule has 1 aliphatic heterocycles. The lowest BCUT2D eigenvalue weighted by Crippen LogP contribution is -2.24. The molecule has 3 aromatic rings. The topological polar surface area (TPSA) is 28.2 Å². The molecule has 4 heteroatoms. The Kier molecular flexibility index (Phi) is 5.65. The maximum absolute atomic E-state index is 4.33. The smallest absolute Gasteiger partial charge is 0.0541 e. The zero-order chi connectivity index (χ0) is 17.6. The molecule has 4 rings (SSSR count). The number of benzene rings is 2. The highest BCUT2D eigenvalue weighted by atomic mass is 32.2. The van der Waals surface area contributed by atoms with Gasteiger partial charge in [0.15, 0.2) is 0 Å². The molecule has 0 bridgehead atoms. The third-order valence-corrected chi connectivity index (χ3v) is 5.67. The monoisotopic (exact) mass is 361 g/mol.